The number of hydrogen-bond acceptors (Lipinski definition) is 6. The van der Waals surface area contributed by atoms with Crippen LogP contribution in [0.5, 0.6) is 11.5 Å². The summed E-state index contributed by atoms with van der Waals surface area (Å²) in [6.45, 7) is 0. The lowest BCUT2D eigenvalue weighted by Gasteiger charge is -2.17. The molecule has 0 aromatic heterocycles. The molecule has 0 aliphatic carbocycles. The van der Waals surface area contributed by atoms with Crippen LogP contribution in [0, 0.1) is 5.92 Å². The summed E-state index contributed by atoms with van der Waals surface area (Å²) in [5.41, 5.74) is 1.01. The number of oxime groups is 1. The van der Waals surface area contributed by atoms with Crippen molar-refractivity contribution in [2.75, 3.05) is 19.1 Å². The second-order valence-corrected chi connectivity index (χ2v) is 6.97. The highest BCUT2D eigenvalue weighted by Gasteiger charge is 2.57. The SMILES string of the molecule is COc1cccc(C2=NO[C@@H]3C(=O)N(c4cc(Cl)ccc4Cl)C(=O)[C@H]23)c1OC. The number of nitrogens with zero attached hydrogens (tertiary/aromatic N) is 2. The number of carbonyl (C=O) groups is 2. The highest BCUT2D eigenvalue weighted by Crippen LogP contribution is 2.41. The van der Waals surface area contributed by atoms with E-state index in [2.05, 4.69) is 5.16 Å². The summed E-state index contributed by atoms with van der Waals surface area (Å²) in [6.07, 6.45) is -1.08. The van der Waals surface area contributed by atoms with E-state index in [1.807, 2.05) is 0 Å². The van der Waals surface area contributed by atoms with Crippen molar-refractivity contribution in [1.29, 1.82) is 0 Å². The lowest BCUT2D eigenvalue weighted by molar-refractivity contribution is -0.126. The molecule has 2 atom stereocenters. The average molecular weight is 421 g/mol. The van der Waals surface area contributed by atoms with Crippen LogP contribution in [0.4, 0.5) is 5.69 Å². The summed E-state index contributed by atoms with van der Waals surface area (Å²) in [6, 6.07) is 9.73. The van der Waals surface area contributed by atoms with Crippen molar-refractivity contribution in [3.05, 3.63) is 52.0 Å². The molecule has 28 heavy (non-hydrogen) atoms. The summed E-state index contributed by atoms with van der Waals surface area (Å²) >= 11 is 12.2. The van der Waals surface area contributed by atoms with Gasteiger partial charge in [0.15, 0.2) is 11.5 Å². The molecule has 2 aliphatic heterocycles. The van der Waals surface area contributed by atoms with Crippen LogP contribution in [0.15, 0.2) is 41.6 Å². The predicted octanol–water partition coefficient (Wildman–Crippen LogP) is 3.30. The lowest BCUT2D eigenvalue weighted by atomic mass is 9.93. The van der Waals surface area contributed by atoms with Gasteiger partial charge in [0.2, 0.25) is 12.0 Å². The van der Waals surface area contributed by atoms with E-state index in [9.17, 15) is 9.59 Å². The second kappa shape index (κ2) is 7.00. The zero-order valence-corrected chi connectivity index (χ0v) is 16.3. The molecule has 0 unspecified atom stereocenters. The molecule has 2 aromatic rings. The topological polar surface area (TPSA) is 77.4 Å². The molecule has 7 nitrogen and oxygen atoms in total. The van der Waals surface area contributed by atoms with Gasteiger partial charge in [0.25, 0.3) is 5.91 Å². The number of hydrogen-bond donors (Lipinski definition) is 0. The molecular weight excluding hydrogens is 407 g/mol. The van der Waals surface area contributed by atoms with Gasteiger partial charge in [-0.2, -0.15) is 0 Å². The molecule has 2 aliphatic rings. The van der Waals surface area contributed by atoms with Gasteiger partial charge in [-0.15, -0.1) is 0 Å². The standard InChI is InChI=1S/C19H14Cl2N2O5/c1-26-13-5-3-4-10(16(13)27-2)15-14-17(28-22-15)19(25)23(18(14)24)12-8-9(20)6-7-11(12)21/h3-8,14,17H,1-2H3/t14-,17+/m1/s1. The van der Waals surface area contributed by atoms with Gasteiger partial charge < -0.3 is 14.3 Å². The fraction of sp³-hybridized carbons (Fsp3) is 0.211. The molecule has 0 bridgehead atoms. The molecule has 2 heterocycles. The van der Waals surface area contributed by atoms with E-state index in [-0.39, 0.29) is 10.7 Å². The largest absolute Gasteiger partial charge is 0.493 e. The minimum absolute atomic E-state index is 0.208. The zero-order chi connectivity index (χ0) is 20.0. The first-order chi connectivity index (χ1) is 13.5. The minimum Gasteiger partial charge on any atom is -0.493 e. The Kier molecular flexibility index (Phi) is 4.64. The predicted molar refractivity (Wildman–Crippen MR) is 103 cm³/mol. The Labute approximate surface area is 170 Å². The van der Waals surface area contributed by atoms with Gasteiger partial charge in [0.1, 0.15) is 11.6 Å². The fourth-order valence-corrected chi connectivity index (χ4v) is 3.75. The number of carbonyl (C=O) groups excluding carboxylic acids is 2. The van der Waals surface area contributed by atoms with Gasteiger partial charge >= 0.3 is 0 Å². The van der Waals surface area contributed by atoms with Gasteiger partial charge in [-0.25, -0.2) is 4.90 Å². The molecule has 144 valence electrons. The van der Waals surface area contributed by atoms with Crippen LogP contribution in [-0.2, 0) is 14.4 Å². The monoisotopic (exact) mass is 420 g/mol. The van der Waals surface area contributed by atoms with Crippen LogP contribution in [0.2, 0.25) is 10.0 Å². The first-order valence-corrected chi connectivity index (χ1v) is 9.01. The van der Waals surface area contributed by atoms with Crippen molar-refractivity contribution in [2.24, 2.45) is 11.1 Å². The van der Waals surface area contributed by atoms with E-state index >= 15 is 0 Å². The molecule has 0 N–H and O–H groups in total. The van der Waals surface area contributed by atoms with Gasteiger partial charge in [0.05, 0.1) is 24.9 Å². The van der Waals surface area contributed by atoms with Crippen LogP contribution in [0.1, 0.15) is 5.56 Å². The van der Waals surface area contributed by atoms with E-state index in [1.54, 1.807) is 24.3 Å². The Bertz CT molecular complexity index is 1020. The minimum atomic E-state index is -1.08. The molecule has 2 amide bonds. The second-order valence-electron chi connectivity index (χ2n) is 6.13. The maximum Gasteiger partial charge on any atom is 0.279 e. The first-order valence-electron chi connectivity index (χ1n) is 8.26. The number of rotatable bonds is 4. The molecule has 1 saturated heterocycles. The maximum absolute atomic E-state index is 13.2. The number of methoxy groups -OCH3 is 2. The smallest absolute Gasteiger partial charge is 0.279 e. The lowest BCUT2D eigenvalue weighted by Crippen LogP contribution is -2.33. The van der Waals surface area contributed by atoms with E-state index in [1.165, 1.54) is 26.4 Å². The number of anilines is 1. The zero-order valence-electron chi connectivity index (χ0n) is 14.8. The molecule has 0 radical (unpaired) electrons. The van der Waals surface area contributed by atoms with E-state index < -0.39 is 23.8 Å². The Hall–Kier alpha value is -2.77. The summed E-state index contributed by atoms with van der Waals surface area (Å²) in [4.78, 5) is 32.4. The van der Waals surface area contributed by atoms with Gasteiger partial charge in [-0.05, 0) is 30.3 Å². The first kappa shape index (κ1) is 18.6. The highest BCUT2D eigenvalue weighted by atomic mass is 35.5. The summed E-state index contributed by atoms with van der Waals surface area (Å²) in [5, 5.41) is 4.57. The molecule has 9 heteroatoms. The number of halogens is 2. The molecule has 2 aromatic carbocycles. The van der Waals surface area contributed by atoms with Crippen LogP contribution in [-0.4, -0.2) is 37.8 Å². The number of imide groups is 1. The third-order valence-corrected chi connectivity index (χ3v) is 5.19. The Morgan fingerprint density at radius 3 is 2.57 bits per heavy atom. The van der Waals surface area contributed by atoms with Crippen LogP contribution in [0.25, 0.3) is 0 Å². The molecule has 0 saturated carbocycles. The summed E-state index contributed by atoms with van der Waals surface area (Å²) in [5.74, 6) is -1.12. The quantitative estimate of drug-likeness (QED) is 0.709. The van der Waals surface area contributed by atoms with E-state index in [0.29, 0.717) is 27.8 Å². The Morgan fingerprint density at radius 1 is 1.07 bits per heavy atom. The van der Waals surface area contributed by atoms with E-state index in [0.717, 1.165) is 4.90 Å². The van der Waals surface area contributed by atoms with Crippen molar-refractivity contribution in [1.82, 2.24) is 0 Å². The van der Waals surface area contributed by atoms with E-state index in [4.69, 9.17) is 37.5 Å². The average Bonchev–Trinajstić information content (AvgIpc) is 3.23. The van der Waals surface area contributed by atoms with Gasteiger partial charge in [0, 0.05) is 10.6 Å². The Balaban J connectivity index is 1.77. The van der Waals surface area contributed by atoms with Crippen molar-refractivity contribution in [2.45, 2.75) is 6.10 Å². The number of benzene rings is 2. The third-order valence-electron chi connectivity index (χ3n) is 4.64. The van der Waals surface area contributed by atoms with Gasteiger partial charge in [-0.1, -0.05) is 34.4 Å². The molecule has 0 spiro atoms. The number of fused-ring (bicyclic) bond motifs is 1. The number of para-hydroxylation sites is 1. The summed E-state index contributed by atoms with van der Waals surface area (Å²) < 4.78 is 10.7. The summed E-state index contributed by atoms with van der Waals surface area (Å²) in [7, 11) is 2.99. The third kappa shape index (κ3) is 2.70. The molecule has 4 rings (SSSR count). The maximum atomic E-state index is 13.2. The molecular formula is C19H14Cl2N2O5. The fourth-order valence-electron chi connectivity index (χ4n) is 3.38. The van der Waals surface area contributed by atoms with Crippen molar-refractivity contribution in [3.63, 3.8) is 0 Å². The van der Waals surface area contributed by atoms with Crippen LogP contribution < -0.4 is 14.4 Å². The number of ether oxygens (including phenoxy) is 2. The normalized spacial score (nSPS) is 20.7. The van der Waals surface area contributed by atoms with Crippen LogP contribution >= 0.6 is 23.2 Å². The van der Waals surface area contributed by atoms with Gasteiger partial charge in [-0.3, -0.25) is 9.59 Å². The Morgan fingerprint density at radius 2 is 1.86 bits per heavy atom. The molecule has 1 fully saturated rings. The van der Waals surface area contributed by atoms with Crippen LogP contribution in [0.3, 0.4) is 0 Å². The van der Waals surface area contributed by atoms with Crippen molar-refractivity contribution in [3.8, 4) is 11.5 Å². The number of amides is 2. The highest BCUT2D eigenvalue weighted by molar-refractivity contribution is 6.39. The van der Waals surface area contributed by atoms with Crippen molar-refractivity contribution < 1.29 is 23.9 Å². The van der Waals surface area contributed by atoms with Crippen molar-refractivity contribution >= 4 is 46.4 Å².